The van der Waals surface area contributed by atoms with E-state index in [0.717, 1.165) is 17.7 Å². The van der Waals surface area contributed by atoms with E-state index in [-0.39, 0.29) is 30.9 Å². The number of carboxylic acids is 1. The van der Waals surface area contributed by atoms with E-state index in [4.69, 9.17) is 14.6 Å². The van der Waals surface area contributed by atoms with Gasteiger partial charge in [-0.2, -0.15) is 0 Å². The molecule has 1 amide bonds. The fourth-order valence-electron chi connectivity index (χ4n) is 3.06. The summed E-state index contributed by atoms with van der Waals surface area (Å²) < 4.78 is 10.5. The Morgan fingerprint density at radius 1 is 1.38 bits per heavy atom. The van der Waals surface area contributed by atoms with E-state index in [1.54, 1.807) is 12.0 Å². The molecular weight excluding hydrogens is 310 g/mol. The van der Waals surface area contributed by atoms with Crippen LogP contribution in [0.5, 0.6) is 5.75 Å². The standard InChI is InChI=1S/C18H25NO5/c1-3-13(14-4-6-16(23-2)7-5-14)10-17(20)19-8-9-24-12-15(19)11-18(21)22/h4-7,13,15H,3,8-12H2,1-2H3,(H,21,22). The van der Waals surface area contributed by atoms with Gasteiger partial charge >= 0.3 is 5.97 Å². The number of carboxylic acid groups (broad SMARTS) is 1. The molecule has 1 saturated heterocycles. The van der Waals surface area contributed by atoms with Crippen molar-refractivity contribution in [3.05, 3.63) is 29.8 Å². The van der Waals surface area contributed by atoms with E-state index >= 15 is 0 Å². The molecule has 24 heavy (non-hydrogen) atoms. The highest BCUT2D eigenvalue weighted by atomic mass is 16.5. The highest BCUT2D eigenvalue weighted by Crippen LogP contribution is 2.27. The largest absolute Gasteiger partial charge is 0.497 e. The number of methoxy groups -OCH3 is 1. The molecule has 2 rings (SSSR count). The third kappa shape index (κ3) is 4.71. The van der Waals surface area contributed by atoms with Gasteiger partial charge in [-0.15, -0.1) is 0 Å². The summed E-state index contributed by atoms with van der Waals surface area (Å²) in [4.78, 5) is 25.4. The van der Waals surface area contributed by atoms with Gasteiger partial charge in [0.25, 0.3) is 0 Å². The molecule has 6 nitrogen and oxygen atoms in total. The van der Waals surface area contributed by atoms with Crippen LogP contribution in [-0.4, -0.2) is 54.8 Å². The Hall–Kier alpha value is -2.08. The van der Waals surface area contributed by atoms with Gasteiger partial charge in [0.05, 0.1) is 32.8 Å². The van der Waals surface area contributed by atoms with Crippen molar-refractivity contribution in [1.29, 1.82) is 0 Å². The van der Waals surface area contributed by atoms with Crippen LogP contribution in [0.15, 0.2) is 24.3 Å². The predicted molar refractivity (Wildman–Crippen MR) is 89.2 cm³/mol. The van der Waals surface area contributed by atoms with Gasteiger partial charge in [0, 0.05) is 13.0 Å². The lowest BCUT2D eigenvalue weighted by Gasteiger charge is -2.35. The third-order valence-electron chi connectivity index (χ3n) is 4.46. The number of carbonyl (C=O) groups is 2. The summed E-state index contributed by atoms with van der Waals surface area (Å²) in [6, 6.07) is 7.37. The van der Waals surface area contributed by atoms with E-state index in [9.17, 15) is 9.59 Å². The number of aliphatic carboxylic acids is 1. The molecule has 0 radical (unpaired) electrons. The Kier molecular flexibility index (Phi) is 6.61. The number of amides is 1. The van der Waals surface area contributed by atoms with E-state index in [2.05, 4.69) is 6.92 Å². The Labute approximate surface area is 142 Å². The van der Waals surface area contributed by atoms with Crippen molar-refractivity contribution in [3.63, 3.8) is 0 Å². The molecule has 2 unspecified atom stereocenters. The molecular formula is C18H25NO5. The SMILES string of the molecule is CCC(CC(=O)N1CCOCC1CC(=O)O)c1ccc(OC)cc1. The second kappa shape index (κ2) is 8.68. The highest BCUT2D eigenvalue weighted by Gasteiger charge is 2.30. The number of benzene rings is 1. The summed E-state index contributed by atoms with van der Waals surface area (Å²) in [5, 5.41) is 9.02. The van der Waals surface area contributed by atoms with Gasteiger partial charge in [-0.05, 0) is 30.0 Å². The van der Waals surface area contributed by atoms with Gasteiger partial charge in [0.2, 0.25) is 5.91 Å². The maximum atomic E-state index is 12.7. The number of hydrogen-bond donors (Lipinski definition) is 1. The van der Waals surface area contributed by atoms with Crippen molar-refractivity contribution >= 4 is 11.9 Å². The molecule has 0 saturated carbocycles. The lowest BCUT2D eigenvalue weighted by molar-refractivity contribution is -0.146. The minimum atomic E-state index is -0.912. The number of ether oxygens (including phenoxy) is 2. The molecule has 1 aromatic rings. The van der Waals surface area contributed by atoms with Crippen molar-refractivity contribution in [3.8, 4) is 5.75 Å². The number of morpholine rings is 1. The van der Waals surface area contributed by atoms with Gasteiger partial charge in [-0.3, -0.25) is 9.59 Å². The van der Waals surface area contributed by atoms with Crippen LogP contribution in [0.4, 0.5) is 0 Å². The topological polar surface area (TPSA) is 76.1 Å². The fourth-order valence-corrected chi connectivity index (χ4v) is 3.06. The van der Waals surface area contributed by atoms with Crippen molar-refractivity contribution in [2.45, 2.75) is 38.1 Å². The summed E-state index contributed by atoms with van der Waals surface area (Å²) in [5.74, 6) is -0.0240. The Bertz CT molecular complexity index is 557. The van der Waals surface area contributed by atoms with E-state index in [1.165, 1.54) is 0 Å². The van der Waals surface area contributed by atoms with Gasteiger partial charge in [0.15, 0.2) is 0 Å². The molecule has 1 heterocycles. The lowest BCUT2D eigenvalue weighted by atomic mass is 9.92. The normalized spacial score (nSPS) is 18.9. The summed E-state index contributed by atoms with van der Waals surface area (Å²) in [7, 11) is 1.62. The van der Waals surface area contributed by atoms with E-state index in [0.29, 0.717) is 19.6 Å². The maximum Gasteiger partial charge on any atom is 0.305 e. The van der Waals surface area contributed by atoms with Gasteiger partial charge in [-0.1, -0.05) is 19.1 Å². The number of nitrogens with zero attached hydrogens (tertiary/aromatic N) is 1. The molecule has 1 aromatic carbocycles. The molecule has 0 spiro atoms. The van der Waals surface area contributed by atoms with Crippen molar-refractivity contribution in [2.75, 3.05) is 26.9 Å². The molecule has 1 aliphatic rings. The molecule has 0 aliphatic carbocycles. The van der Waals surface area contributed by atoms with Crippen molar-refractivity contribution in [2.24, 2.45) is 0 Å². The average molecular weight is 335 g/mol. The first-order valence-electron chi connectivity index (χ1n) is 8.28. The molecule has 132 valence electrons. The summed E-state index contributed by atoms with van der Waals surface area (Å²) >= 11 is 0. The zero-order chi connectivity index (χ0) is 17.5. The number of rotatable bonds is 7. The van der Waals surface area contributed by atoms with Crippen LogP contribution in [-0.2, 0) is 14.3 Å². The van der Waals surface area contributed by atoms with Crippen LogP contribution in [0.25, 0.3) is 0 Å². The van der Waals surface area contributed by atoms with Gasteiger partial charge in [-0.25, -0.2) is 0 Å². The molecule has 2 atom stereocenters. The molecule has 0 aromatic heterocycles. The molecule has 1 aliphatic heterocycles. The zero-order valence-electron chi connectivity index (χ0n) is 14.2. The molecule has 6 heteroatoms. The van der Waals surface area contributed by atoms with Crippen LogP contribution < -0.4 is 4.74 Å². The van der Waals surface area contributed by atoms with E-state index in [1.807, 2.05) is 24.3 Å². The van der Waals surface area contributed by atoms with Crippen LogP contribution in [0, 0.1) is 0 Å². The lowest BCUT2D eigenvalue weighted by Crippen LogP contribution is -2.49. The summed E-state index contributed by atoms with van der Waals surface area (Å²) in [6.45, 7) is 3.25. The third-order valence-corrected chi connectivity index (χ3v) is 4.46. The van der Waals surface area contributed by atoms with Gasteiger partial charge in [0.1, 0.15) is 5.75 Å². The Balaban J connectivity index is 2.05. The second-order valence-corrected chi connectivity index (χ2v) is 6.00. The highest BCUT2D eigenvalue weighted by molar-refractivity contribution is 5.78. The van der Waals surface area contributed by atoms with Gasteiger partial charge < -0.3 is 19.5 Å². The zero-order valence-corrected chi connectivity index (χ0v) is 14.2. The first-order valence-corrected chi connectivity index (χ1v) is 8.28. The fraction of sp³-hybridized carbons (Fsp3) is 0.556. The summed E-state index contributed by atoms with van der Waals surface area (Å²) in [6.07, 6.45) is 1.13. The Morgan fingerprint density at radius 2 is 2.08 bits per heavy atom. The quantitative estimate of drug-likeness (QED) is 0.827. The minimum Gasteiger partial charge on any atom is -0.497 e. The Morgan fingerprint density at radius 3 is 2.67 bits per heavy atom. The molecule has 1 fully saturated rings. The predicted octanol–water partition coefficient (Wildman–Crippen LogP) is 2.28. The first-order chi connectivity index (χ1) is 11.5. The van der Waals surface area contributed by atoms with E-state index < -0.39 is 5.97 Å². The summed E-state index contributed by atoms with van der Waals surface area (Å²) in [5.41, 5.74) is 1.09. The molecule has 1 N–H and O–H groups in total. The van der Waals surface area contributed by atoms with Crippen LogP contribution in [0.2, 0.25) is 0 Å². The monoisotopic (exact) mass is 335 g/mol. The average Bonchev–Trinajstić information content (AvgIpc) is 2.59. The maximum absolute atomic E-state index is 12.7. The molecule has 0 bridgehead atoms. The van der Waals surface area contributed by atoms with Crippen LogP contribution >= 0.6 is 0 Å². The number of carbonyl (C=O) groups excluding carboxylic acids is 1. The van der Waals surface area contributed by atoms with Crippen LogP contribution in [0.3, 0.4) is 0 Å². The minimum absolute atomic E-state index is 0.00721. The smallest absolute Gasteiger partial charge is 0.305 e. The van der Waals surface area contributed by atoms with Crippen molar-refractivity contribution < 1.29 is 24.2 Å². The first kappa shape index (κ1) is 18.3. The van der Waals surface area contributed by atoms with Crippen LogP contribution in [0.1, 0.15) is 37.7 Å². The number of hydrogen-bond acceptors (Lipinski definition) is 4. The van der Waals surface area contributed by atoms with Crippen molar-refractivity contribution in [1.82, 2.24) is 4.90 Å². The second-order valence-electron chi connectivity index (χ2n) is 6.00.